The molecule has 1 aliphatic rings. The first-order chi connectivity index (χ1) is 15.8. The van der Waals surface area contributed by atoms with Crippen LogP contribution in [0.5, 0.6) is 0 Å². The monoisotopic (exact) mass is 424 g/mol. The SMILES string of the molecule is O=C(NCc1cn(-c2ccccc2)nc1-c1ccncc1)C1CC(c2ccccc2)NN1. The standard InChI is InChI=1S/C25H24N6O/c32-25(23-15-22(28-29-23)18-7-3-1-4-8-18)27-16-20-17-31(21-9-5-2-6-10-21)30-24(20)19-11-13-26-14-12-19/h1-14,17,22-23,28-29H,15-16H2,(H,27,32). The lowest BCUT2D eigenvalue weighted by molar-refractivity contribution is -0.123. The van der Waals surface area contributed by atoms with Crippen molar-refractivity contribution in [3.63, 3.8) is 0 Å². The fourth-order valence-electron chi connectivity index (χ4n) is 3.94. The zero-order chi connectivity index (χ0) is 21.8. The molecule has 0 spiro atoms. The van der Waals surface area contributed by atoms with Gasteiger partial charge in [-0.05, 0) is 36.2 Å². The summed E-state index contributed by atoms with van der Waals surface area (Å²) < 4.78 is 1.85. The third-order valence-electron chi connectivity index (χ3n) is 5.64. The molecule has 1 fully saturated rings. The van der Waals surface area contributed by atoms with Crippen molar-refractivity contribution in [2.75, 3.05) is 0 Å². The Kier molecular flexibility index (Phi) is 5.74. The van der Waals surface area contributed by atoms with E-state index < -0.39 is 0 Å². The molecular weight excluding hydrogens is 400 g/mol. The Morgan fingerprint density at radius 1 is 0.969 bits per heavy atom. The van der Waals surface area contributed by atoms with Gasteiger partial charge in [0, 0.05) is 42.3 Å². The smallest absolute Gasteiger partial charge is 0.238 e. The van der Waals surface area contributed by atoms with Crippen LogP contribution < -0.4 is 16.2 Å². The summed E-state index contributed by atoms with van der Waals surface area (Å²) in [6.45, 7) is 0.386. The molecule has 0 saturated carbocycles. The third kappa shape index (κ3) is 4.30. The predicted molar refractivity (Wildman–Crippen MR) is 123 cm³/mol. The van der Waals surface area contributed by atoms with E-state index in [9.17, 15) is 4.79 Å². The third-order valence-corrected chi connectivity index (χ3v) is 5.64. The number of hydrogen-bond acceptors (Lipinski definition) is 5. The molecule has 2 atom stereocenters. The molecule has 0 aliphatic carbocycles. The number of carbonyl (C=O) groups excluding carboxylic acids is 1. The summed E-state index contributed by atoms with van der Waals surface area (Å²) in [7, 11) is 0. The summed E-state index contributed by atoms with van der Waals surface area (Å²) in [4.78, 5) is 17.0. The minimum atomic E-state index is -0.297. The number of nitrogens with zero attached hydrogens (tertiary/aromatic N) is 3. The van der Waals surface area contributed by atoms with Gasteiger partial charge in [0.25, 0.3) is 0 Å². The first kappa shape index (κ1) is 20.1. The Hall–Kier alpha value is -3.81. The quantitative estimate of drug-likeness (QED) is 0.443. The second kappa shape index (κ2) is 9.13. The maximum Gasteiger partial charge on any atom is 0.238 e. The highest BCUT2D eigenvalue weighted by molar-refractivity contribution is 5.82. The Balaban J connectivity index is 1.31. The van der Waals surface area contributed by atoms with Crippen molar-refractivity contribution in [3.8, 4) is 16.9 Å². The van der Waals surface area contributed by atoms with E-state index in [4.69, 9.17) is 5.10 Å². The van der Waals surface area contributed by atoms with Gasteiger partial charge in [-0.1, -0.05) is 48.5 Å². The van der Waals surface area contributed by atoms with E-state index in [1.165, 1.54) is 5.56 Å². The van der Waals surface area contributed by atoms with E-state index in [1.807, 2.05) is 71.5 Å². The number of amides is 1. The molecule has 160 valence electrons. The van der Waals surface area contributed by atoms with Crippen LogP contribution in [0.4, 0.5) is 0 Å². The molecule has 0 radical (unpaired) electrons. The molecule has 5 rings (SSSR count). The molecule has 7 heteroatoms. The van der Waals surface area contributed by atoms with Crippen LogP contribution in [0.25, 0.3) is 16.9 Å². The minimum Gasteiger partial charge on any atom is -0.350 e. The predicted octanol–water partition coefficient (Wildman–Crippen LogP) is 3.16. The van der Waals surface area contributed by atoms with Crippen LogP contribution in [0.3, 0.4) is 0 Å². The highest BCUT2D eigenvalue weighted by Crippen LogP contribution is 2.24. The average Bonchev–Trinajstić information content (AvgIpc) is 3.52. The van der Waals surface area contributed by atoms with Crippen LogP contribution in [0.2, 0.25) is 0 Å². The van der Waals surface area contributed by atoms with Gasteiger partial charge in [0.1, 0.15) is 6.04 Å². The summed E-state index contributed by atoms with van der Waals surface area (Å²) >= 11 is 0. The van der Waals surface area contributed by atoms with E-state index in [2.05, 4.69) is 33.3 Å². The number of nitrogens with one attached hydrogen (secondary N) is 3. The number of para-hydroxylation sites is 1. The minimum absolute atomic E-state index is 0.0379. The van der Waals surface area contributed by atoms with E-state index in [0.717, 1.165) is 22.5 Å². The molecule has 0 bridgehead atoms. The van der Waals surface area contributed by atoms with Crippen molar-refractivity contribution < 1.29 is 4.79 Å². The molecular formula is C25H24N6O. The summed E-state index contributed by atoms with van der Waals surface area (Å²) in [5.74, 6) is -0.0379. The Labute approximate surface area is 186 Å². The van der Waals surface area contributed by atoms with Gasteiger partial charge in [0.05, 0.1) is 11.4 Å². The van der Waals surface area contributed by atoms with Crippen molar-refractivity contribution in [3.05, 3.63) is 103 Å². The number of hydrazine groups is 1. The fourth-order valence-corrected chi connectivity index (χ4v) is 3.94. The Morgan fingerprint density at radius 3 is 2.44 bits per heavy atom. The van der Waals surface area contributed by atoms with E-state index in [-0.39, 0.29) is 18.0 Å². The van der Waals surface area contributed by atoms with Crippen molar-refractivity contribution in [2.45, 2.75) is 25.0 Å². The van der Waals surface area contributed by atoms with Crippen LogP contribution >= 0.6 is 0 Å². The number of aromatic nitrogens is 3. The summed E-state index contributed by atoms with van der Waals surface area (Å²) in [5, 5.41) is 7.86. The molecule has 2 unspecified atom stereocenters. The molecule has 1 aliphatic heterocycles. The number of benzene rings is 2. The van der Waals surface area contributed by atoms with Crippen LogP contribution in [0.15, 0.2) is 91.4 Å². The molecule has 7 nitrogen and oxygen atoms in total. The zero-order valence-corrected chi connectivity index (χ0v) is 17.5. The van der Waals surface area contributed by atoms with Gasteiger partial charge < -0.3 is 5.32 Å². The van der Waals surface area contributed by atoms with E-state index in [0.29, 0.717) is 13.0 Å². The van der Waals surface area contributed by atoms with Crippen LogP contribution in [0, 0.1) is 0 Å². The van der Waals surface area contributed by atoms with E-state index >= 15 is 0 Å². The number of pyridine rings is 1. The largest absolute Gasteiger partial charge is 0.350 e. The first-order valence-corrected chi connectivity index (χ1v) is 10.7. The van der Waals surface area contributed by atoms with Crippen LogP contribution in [-0.4, -0.2) is 26.7 Å². The van der Waals surface area contributed by atoms with Crippen molar-refractivity contribution in [1.82, 2.24) is 30.9 Å². The van der Waals surface area contributed by atoms with Gasteiger partial charge in [0.15, 0.2) is 0 Å². The lowest BCUT2D eigenvalue weighted by Crippen LogP contribution is -2.42. The fraction of sp³-hybridized carbons (Fsp3) is 0.160. The Morgan fingerprint density at radius 2 is 1.69 bits per heavy atom. The summed E-state index contributed by atoms with van der Waals surface area (Å²) in [6.07, 6.45) is 6.16. The van der Waals surface area contributed by atoms with E-state index in [1.54, 1.807) is 12.4 Å². The molecule has 32 heavy (non-hydrogen) atoms. The molecule has 3 N–H and O–H groups in total. The van der Waals surface area contributed by atoms with Gasteiger partial charge >= 0.3 is 0 Å². The molecule has 2 aromatic heterocycles. The lowest BCUT2D eigenvalue weighted by Gasteiger charge is -2.11. The van der Waals surface area contributed by atoms with Crippen molar-refractivity contribution >= 4 is 5.91 Å². The summed E-state index contributed by atoms with van der Waals surface area (Å²) in [5.41, 5.74) is 11.2. The lowest BCUT2D eigenvalue weighted by atomic mass is 10.0. The summed E-state index contributed by atoms with van der Waals surface area (Å²) in [6, 6.07) is 23.8. The topological polar surface area (TPSA) is 83.9 Å². The second-order valence-electron chi connectivity index (χ2n) is 7.78. The number of rotatable bonds is 6. The average molecular weight is 425 g/mol. The number of hydrogen-bond donors (Lipinski definition) is 3. The molecule has 1 amide bonds. The van der Waals surface area contributed by atoms with Gasteiger partial charge in [-0.2, -0.15) is 5.10 Å². The van der Waals surface area contributed by atoms with Crippen molar-refractivity contribution in [1.29, 1.82) is 0 Å². The van der Waals surface area contributed by atoms with Gasteiger partial charge in [-0.25, -0.2) is 15.5 Å². The molecule has 1 saturated heterocycles. The maximum absolute atomic E-state index is 12.9. The van der Waals surface area contributed by atoms with Crippen LogP contribution in [0.1, 0.15) is 23.6 Å². The van der Waals surface area contributed by atoms with Crippen LogP contribution in [-0.2, 0) is 11.3 Å². The highest BCUT2D eigenvalue weighted by atomic mass is 16.2. The zero-order valence-electron chi connectivity index (χ0n) is 17.5. The maximum atomic E-state index is 12.9. The molecule has 4 aromatic rings. The van der Waals surface area contributed by atoms with Gasteiger partial charge in [-0.3, -0.25) is 9.78 Å². The first-order valence-electron chi connectivity index (χ1n) is 10.7. The number of carbonyl (C=O) groups is 1. The molecule has 2 aromatic carbocycles. The Bertz CT molecular complexity index is 1180. The van der Waals surface area contributed by atoms with Gasteiger partial charge in [0.2, 0.25) is 5.91 Å². The highest BCUT2D eigenvalue weighted by Gasteiger charge is 2.30. The van der Waals surface area contributed by atoms with Crippen molar-refractivity contribution in [2.24, 2.45) is 0 Å². The van der Waals surface area contributed by atoms with Gasteiger partial charge in [-0.15, -0.1) is 0 Å². The normalized spacial score (nSPS) is 17.9. The molecule has 3 heterocycles. The second-order valence-corrected chi connectivity index (χ2v) is 7.78.